The summed E-state index contributed by atoms with van der Waals surface area (Å²) in [6.45, 7) is 2.34. The molecule has 21 heavy (non-hydrogen) atoms. The number of benzene rings is 1. The van der Waals surface area contributed by atoms with E-state index >= 15 is 0 Å². The average Bonchev–Trinajstić information content (AvgIpc) is 2.37. The first-order valence-corrected chi connectivity index (χ1v) is 9.24. The average molecular weight is 337 g/mol. The van der Waals surface area contributed by atoms with Gasteiger partial charge in [-0.05, 0) is 44.0 Å². The van der Waals surface area contributed by atoms with Crippen LogP contribution >= 0.6 is 0 Å². The van der Waals surface area contributed by atoms with Crippen molar-refractivity contribution in [1.29, 1.82) is 0 Å². The number of rotatable bonds is 4. The quantitative estimate of drug-likeness (QED) is 0.834. The van der Waals surface area contributed by atoms with E-state index in [2.05, 4.69) is 4.72 Å². The Hall–Kier alpha value is -1.03. The van der Waals surface area contributed by atoms with E-state index in [-0.39, 0.29) is 17.0 Å². The highest BCUT2D eigenvalue weighted by atomic mass is 32.3. The molecule has 1 aromatic carbocycles. The second-order valence-corrected chi connectivity index (χ2v) is 7.99. The Morgan fingerprint density at radius 1 is 1.14 bits per heavy atom. The van der Waals surface area contributed by atoms with E-state index in [4.69, 9.17) is 4.74 Å². The van der Waals surface area contributed by atoms with Crippen LogP contribution in [0.4, 0.5) is 3.89 Å². The maximum atomic E-state index is 12.8. The van der Waals surface area contributed by atoms with Crippen molar-refractivity contribution < 1.29 is 25.5 Å². The molecule has 118 valence electrons. The third-order valence-corrected chi connectivity index (χ3v) is 5.59. The highest BCUT2D eigenvalue weighted by Crippen LogP contribution is 2.19. The van der Waals surface area contributed by atoms with Gasteiger partial charge in [0.1, 0.15) is 0 Å². The SMILES string of the molecule is CC1CC(NS(=O)(=O)c2ccc(S(=O)(=O)F)cc2)CCO1. The van der Waals surface area contributed by atoms with Gasteiger partial charge in [-0.25, -0.2) is 13.1 Å². The van der Waals surface area contributed by atoms with E-state index in [9.17, 15) is 20.7 Å². The molecule has 1 saturated heterocycles. The summed E-state index contributed by atoms with van der Waals surface area (Å²) in [4.78, 5) is -0.671. The summed E-state index contributed by atoms with van der Waals surface area (Å²) in [5.74, 6) is 0. The number of ether oxygens (including phenoxy) is 1. The lowest BCUT2D eigenvalue weighted by molar-refractivity contribution is 0.0173. The molecule has 0 spiro atoms. The van der Waals surface area contributed by atoms with E-state index < -0.39 is 25.1 Å². The molecule has 1 aliphatic heterocycles. The molecule has 2 unspecified atom stereocenters. The Morgan fingerprint density at radius 3 is 2.24 bits per heavy atom. The normalized spacial score (nSPS) is 23.9. The fourth-order valence-electron chi connectivity index (χ4n) is 2.17. The van der Waals surface area contributed by atoms with Crippen molar-refractivity contribution in [2.24, 2.45) is 0 Å². The maximum absolute atomic E-state index is 12.8. The topological polar surface area (TPSA) is 89.5 Å². The Kier molecular flexibility index (Phi) is 4.66. The second-order valence-electron chi connectivity index (χ2n) is 4.93. The molecule has 0 radical (unpaired) electrons. The summed E-state index contributed by atoms with van der Waals surface area (Å²) in [7, 11) is -8.60. The van der Waals surface area contributed by atoms with Crippen molar-refractivity contribution in [3.63, 3.8) is 0 Å². The van der Waals surface area contributed by atoms with Crippen molar-refractivity contribution in [2.45, 2.75) is 41.7 Å². The fourth-order valence-corrected chi connectivity index (χ4v) is 3.92. The maximum Gasteiger partial charge on any atom is 0.332 e. The summed E-state index contributed by atoms with van der Waals surface area (Å²) in [5.41, 5.74) is 0. The van der Waals surface area contributed by atoms with Crippen LogP contribution in [0.3, 0.4) is 0 Å². The van der Waals surface area contributed by atoms with Crippen LogP contribution in [0.15, 0.2) is 34.1 Å². The van der Waals surface area contributed by atoms with E-state index in [0.29, 0.717) is 19.4 Å². The molecule has 9 heteroatoms. The lowest BCUT2D eigenvalue weighted by Gasteiger charge is -2.27. The third kappa shape index (κ3) is 4.22. The van der Waals surface area contributed by atoms with Gasteiger partial charge in [0, 0.05) is 12.6 Å². The van der Waals surface area contributed by atoms with Gasteiger partial charge in [-0.15, -0.1) is 3.89 Å². The van der Waals surface area contributed by atoms with Gasteiger partial charge in [0.25, 0.3) is 0 Å². The lowest BCUT2D eigenvalue weighted by Crippen LogP contribution is -2.41. The van der Waals surface area contributed by atoms with Crippen molar-refractivity contribution in [3.05, 3.63) is 24.3 Å². The molecule has 6 nitrogen and oxygen atoms in total. The lowest BCUT2D eigenvalue weighted by atomic mass is 10.1. The van der Waals surface area contributed by atoms with E-state index in [1.165, 1.54) is 0 Å². The predicted molar refractivity (Wildman–Crippen MR) is 73.5 cm³/mol. The Labute approximate surface area is 123 Å². The number of halogens is 1. The van der Waals surface area contributed by atoms with E-state index in [1.807, 2.05) is 6.92 Å². The van der Waals surface area contributed by atoms with Gasteiger partial charge < -0.3 is 4.74 Å². The highest BCUT2D eigenvalue weighted by Gasteiger charge is 2.25. The minimum Gasteiger partial charge on any atom is -0.378 e. The van der Waals surface area contributed by atoms with Gasteiger partial charge in [-0.3, -0.25) is 0 Å². The minimum atomic E-state index is -4.83. The van der Waals surface area contributed by atoms with Crippen LogP contribution in [0.5, 0.6) is 0 Å². The molecule has 1 heterocycles. The monoisotopic (exact) mass is 337 g/mol. The third-order valence-electron chi connectivity index (χ3n) is 3.22. The first-order valence-electron chi connectivity index (χ1n) is 6.37. The molecule has 2 rings (SSSR count). The standard InChI is InChI=1S/C12H16FNO5S2/c1-9-8-10(6-7-19-9)14-21(17,18)12-4-2-11(3-5-12)20(13,15)16/h2-5,9-10,14H,6-8H2,1H3. The van der Waals surface area contributed by atoms with Gasteiger partial charge in [-0.1, -0.05) is 0 Å². The van der Waals surface area contributed by atoms with Gasteiger partial charge in [0.2, 0.25) is 10.0 Å². The summed E-state index contributed by atoms with van der Waals surface area (Å²) < 4.78 is 66.4. The number of hydrogen-bond donors (Lipinski definition) is 1. The Morgan fingerprint density at radius 2 is 1.71 bits per heavy atom. The highest BCUT2D eigenvalue weighted by molar-refractivity contribution is 7.89. The first kappa shape index (κ1) is 16.3. The molecule has 1 N–H and O–H groups in total. The second kappa shape index (κ2) is 5.99. The molecule has 0 amide bonds. The molecule has 0 bridgehead atoms. The summed E-state index contributed by atoms with van der Waals surface area (Å²) >= 11 is 0. The molecule has 0 aromatic heterocycles. The van der Waals surface area contributed by atoms with Crippen molar-refractivity contribution in [3.8, 4) is 0 Å². The number of nitrogens with one attached hydrogen (secondary N) is 1. The van der Waals surface area contributed by atoms with Crippen LogP contribution in [0.25, 0.3) is 0 Å². The first-order chi connectivity index (χ1) is 9.68. The van der Waals surface area contributed by atoms with Crippen LogP contribution in [0.2, 0.25) is 0 Å². The number of hydrogen-bond acceptors (Lipinski definition) is 5. The molecule has 0 saturated carbocycles. The molecule has 1 aromatic rings. The Balaban J connectivity index is 2.16. The Bertz CT molecular complexity index is 700. The zero-order valence-corrected chi connectivity index (χ0v) is 13.0. The van der Waals surface area contributed by atoms with Gasteiger partial charge >= 0.3 is 10.2 Å². The summed E-state index contributed by atoms with van der Waals surface area (Å²) in [6.07, 6.45) is 1.11. The number of sulfonamides is 1. The van der Waals surface area contributed by atoms with E-state index in [0.717, 1.165) is 24.3 Å². The largest absolute Gasteiger partial charge is 0.378 e. The van der Waals surface area contributed by atoms with Crippen molar-refractivity contribution >= 4 is 20.2 Å². The van der Waals surface area contributed by atoms with Crippen LogP contribution in [-0.2, 0) is 25.0 Å². The van der Waals surface area contributed by atoms with Crippen molar-refractivity contribution in [1.82, 2.24) is 4.72 Å². The van der Waals surface area contributed by atoms with Crippen molar-refractivity contribution in [2.75, 3.05) is 6.61 Å². The molecule has 2 atom stereocenters. The van der Waals surface area contributed by atoms with Gasteiger partial charge in [0.15, 0.2) is 0 Å². The van der Waals surface area contributed by atoms with Crippen LogP contribution in [-0.4, -0.2) is 35.6 Å². The van der Waals surface area contributed by atoms with Crippen LogP contribution in [0, 0.1) is 0 Å². The molecule has 1 fully saturated rings. The zero-order chi connectivity index (χ0) is 15.7. The van der Waals surface area contributed by atoms with E-state index in [1.54, 1.807) is 0 Å². The van der Waals surface area contributed by atoms with Crippen LogP contribution < -0.4 is 4.72 Å². The van der Waals surface area contributed by atoms with Gasteiger partial charge in [0.05, 0.1) is 15.9 Å². The summed E-state index contributed by atoms with van der Waals surface area (Å²) in [6, 6.07) is 3.76. The smallest absolute Gasteiger partial charge is 0.332 e. The summed E-state index contributed by atoms with van der Waals surface area (Å²) in [5, 5.41) is 0. The molecular weight excluding hydrogens is 321 g/mol. The predicted octanol–water partition coefficient (Wildman–Crippen LogP) is 1.19. The molecule has 1 aliphatic rings. The molecule has 0 aliphatic carbocycles. The molecular formula is C12H16FNO5S2. The van der Waals surface area contributed by atoms with Crippen LogP contribution in [0.1, 0.15) is 19.8 Å². The minimum absolute atomic E-state index is 0.0227. The zero-order valence-electron chi connectivity index (χ0n) is 11.3. The fraction of sp³-hybridized carbons (Fsp3) is 0.500. The van der Waals surface area contributed by atoms with Gasteiger partial charge in [-0.2, -0.15) is 8.42 Å².